The number of benzene rings is 2. The molecule has 0 saturated carbocycles. The van der Waals surface area contributed by atoms with Crippen LogP contribution in [0, 0.1) is 5.82 Å². The molecular formula is C21H27BrFIN4O. The maximum absolute atomic E-state index is 13.9. The summed E-state index contributed by atoms with van der Waals surface area (Å²) in [5.41, 5.74) is 3.11. The van der Waals surface area contributed by atoms with Crippen molar-refractivity contribution in [2.24, 2.45) is 4.99 Å². The Morgan fingerprint density at radius 2 is 1.72 bits per heavy atom. The molecular weight excluding hydrogens is 550 g/mol. The summed E-state index contributed by atoms with van der Waals surface area (Å²) in [6.07, 6.45) is 0. The molecule has 3 rings (SSSR count). The highest BCUT2D eigenvalue weighted by molar-refractivity contribution is 14.0. The molecule has 0 atom stereocenters. The van der Waals surface area contributed by atoms with Crippen LogP contribution in [0.5, 0.6) is 0 Å². The minimum atomic E-state index is -0.234. The summed E-state index contributed by atoms with van der Waals surface area (Å²) in [6, 6.07) is 13.3. The first kappa shape index (κ1) is 24.0. The van der Waals surface area contributed by atoms with Crippen molar-refractivity contribution in [3.63, 3.8) is 0 Å². The van der Waals surface area contributed by atoms with Gasteiger partial charge in [-0.3, -0.25) is 9.89 Å². The van der Waals surface area contributed by atoms with Crippen molar-refractivity contribution >= 4 is 45.9 Å². The van der Waals surface area contributed by atoms with Crippen molar-refractivity contribution in [3.8, 4) is 0 Å². The molecule has 0 amide bonds. The monoisotopic (exact) mass is 576 g/mol. The second-order valence-corrected chi connectivity index (χ2v) is 7.59. The number of morpholine rings is 1. The van der Waals surface area contributed by atoms with Crippen LogP contribution < -0.4 is 10.6 Å². The molecule has 0 bridgehead atoms. The molecule has 1 aliphatic heterocycles. The summed E-state index contributed by atoms with van der Waals surface area (Å²) in [4.78, 5) is 6.66. The van der Waals surface area contributed by atoms with Crippen molar-refractivity contribution in [1.82, 2.24) is 15.5 Å². The number of nitrogens with zero attached hydrogens (tertiary/aromatic N) is 2. The van der Waals surface area contributed by atoms with E-state index in [1.807, 2.05) is 6.07 Å². The van der Waals surface area contributed by atoms with Crippen molar-refractivity contribution in [2.45, 2.75) is 19.6 Å². The topological polar surface area (TPSA) is 48.9 Å². The molecule has 0 aromatic heterocycles. The van der Waals surface area contributed by atoms with Crippen LogP contribution in [0.1, 0.15) is 16.7 Å². The summed E-state index contributed by atoms with van der Waals surface area (Å²) in [6.45, 7) is 5.44. The van der Waals surface area contributed by atoms with Gasteiger partial charge in [0.2, 0.25) is 0 Å². The number of halogens is 3. The van der Waals surface area contributed by atoms with Gasteiger partial charge in [0.25, 0.3) is 0 Å². The van der Waals surface area contributed by atoms with E-state index in [0.717, 1.165) is 37.3 Å². The smallest absolute Gasteiger partial charge is 0.191 e. The van der Waals surface area contributed by atoms with Crippen LogP contribution in [0.25, 0.3) is 0 Å². The van der Waals surface area contributed by atoms with Crippen LogP contribution in [-0.4, -0.2) is 44.2 Å². The van der Waals surface area contributed by atoms with Gasteiger partial charge in [-0.25, -0.2) is 4.39 Å². The third-order valence-electron chi connectivity index (χ3n) is 4.74. The molecule has 0 aliphatic carbocycles. The molecule has 158 valence electrons. The Kier molecular flexibility index (Phi) is 10.3. The first-order valence-corrected chi connectivity index (χ1v) is 10.2. The quantitative estimate of drug-likeness (QED) is 0.311. The third kappa shape index (κ3) is 7.51. The summed E-state index contributed by atoms with van der Waals surface area (Å²) in [5, 5.41) is 6.51. The summed E-state index contributed by atoms with van der Waals surface area (Å²) >= 11 is 3.38. The molecule has 1 saturated heterocycles. The maximum Gasteiger partial charge on any atom is 0.191 e. The van der Waals surface area contributed by atoms with Gasteiger partial charge in [-0.2, -0.15) is 0 Å². The number of nitrogens with one attached hydrogen (secondary N) is 2. The largest absolute Gasteiger partial charge is 0.379 e. The minimum absolute atomic E-state index is 0. The van der Waals surface area contributed by atoms with E-state index >= 15 is 0 Å². The van der Waals surface area contributed by atoms with E-state index < -0.39 is 0 Å². The molecule has 29 heavy (non-hydrogen) atoms. The molecule has 0 unspecified atom stereocenters. The zero-order chi connectivity index (χ0) is 19.8. The fraction of sp³-hybridized carbons (Fsp3) is 0.381. The fourth-order valence-corrected chi connectivity index (χ4v) is 3.55. The number of ether oxygens (including phenoxy) is 1. The number of aliphatic imine (C=N–C) groups is 1. The third-order valence-corrected chi connectivity index (χ3v) is 5.23. The van der Waals surface area contributed by atoms with E-state index in [1.54, 1.807) is 19.2 Å². The SMILES string of the molecule is CN=C(NCc1cc(Br)ccc1F)NCc1ccccc1CN1CCOCC1.I. The number of guanidine groups is 1. The zero-order valence-corrected chi connectivity index (χ0v) is 20.4. The van der Waals surface area contributed by atoms with Crippen LogP contribution >= 0.6 is 39.9 Å². The van der Waals surface area contributed by atoms with Gasteiger partial charge in [-0.05, 0) is 29.3 Å². The summed E-state index contributed by atoms with van der Waals surface area (Å²) < 4.78 is 20.2. The van der Waals surface area contributed by atoms with E-state index in [-0.39, 0.29) is 29.8 Å². The number of hydrogen-bond donors (Lipinski definition) is 2. The van der Waals surface area contributed by atoms with Gasteiger partial charge in [-0.15, -0.1) is 24.0 Å². The Hall–Kier alpha value is -1.23. The van der Waals surface area contributed by atoms with E-state index in [2.05, 4.69) is 54.7 Å². The van der Waals surface area contributed by atoms with Crippen molar-refractivity contribution < 1.29 is 9.13 Å². The van der Waals surface area contributed by atoms with Gasteiger partial charge in [0, 0.05) is 49.8 Å². The second kappa shape index (κ2) is 12.5. The lowest BCUT2D eigenvalue weighted by molar-refractivity contribution is 0.0341. The van der Waals surface area contributed by atoms with E-state index in [9.17, 15) is 4.39 Å². The number of hydrogen-bond acceptors (Lipinski definition) is 3. The Morgan fingerprint density at radius 1 is 1.07 bits per heavy atom. The van der Waals surface area contributed by atoms with Gasteiger partial charge in [0.15, 0.2) is 5.96 Å². The van der Waals surface area contributed by atoms with E-state index in [1.165, 1.54) is 17.2 Å². The van der Waals surface area contributed by atoms with Crippen LogP contribution in [0.4, 0.5) is 4.39 Å². The standard InChI is InChI=1S/C21H26BrFN4O.HI/c1-24-21(26-14-18-12-19(22)6-7-20(18)23)25-13-16-4-2-3-5-17(16)15-27-8-10-28-11-9-27;/h2-7,12H,8-11,13-15H2,1H3,(H2,24,25,26);1H. The second-order valence-electron chi connectivity index (χ2n) is 6.67. The number of rotatable bonds is 6. The Bertz CT molecular complexity index is 815. The van der Waals surface area contributed by atoms with Gasteiger partial charge in [0.05, 0.1) is 13.2 Å². The average Bonchev–Trinajstić information content (AvgIpc) is 2.72. The highest BCUT2D eigenvalue weighted by atomic mass is 127. The highest BCUT2D eigenvalue weighted by Gasteiger charge is 2.13. The van der Waals surface area contributed by atoms with Crippen molar-refractivity contribution in [3.05, 3.63) is 69.4 Å². The Morgan fingerprint density at radius 3 is 2.41 bits per heavy atom. The molecule has 2 aromatic rings. The highest BCUT2D eigenvalue weighted by Crippen LogP contribution is 2.15. The predicted molar refractivity (Wildman–Crippen MR) is 129 cm³/mol. The maximum atomic E-state index is 13.9. The first-order chi connectivity index (χ1) is 13.7. The molecule has 2 aromatic carbocycles. The average molecular weight is 577 g/mol. The van der Waals surface area contributed by atoms with Gasteiger partial charge < -0.3 is 15.4 Å². The lowest BCUT2D eigenvalue weighted by atomic mass is 10.1. The molecule has 1 aliphatic rings. The summed E-state index contributed by atoms with van der Waals surface area (Å²) in [5.74, 6) is 0.405. The van der Waals surface area contributed by atoms with Crippen molar-refractivity contribution in [1.29, 1.82) is 0 Å². The Labute approximate surface area is 197 Å². The summed E-state index contributed by atoms with van der Waals surface area (Å²) in [7, 11) is 1.71. The predicted octanol–water partition coefficient (Wildman–Crippen LogP) is 3.90. The molecule has 1 fully saturated rings. The molecule has 0 radical (unpaired) electrons. The van der Waals surface area contributed by atoms with E-state index in [4.69, 9.17) is 4.74 Å². The van der Waals surface area contributed by atoms with Crippen LogP contribution in [0.15, 0.2) is 51.9 Å². The fourth-order valence-electron chi connectivity index (χ4n) is 3.14. The molecule has 2 N–H and O–H groups in total. The van der Waals surface area contributed by atoms with Crippen LogP contribution in [-0.2, 0) is 24.4 Å². The lowest BCUT2D eigenvalue weighted by Gasteiger charge is -2.27. The van der Waals surface area contributed by atoms with Crippen molar-refractivity contribution in [2.75, 3.05) is 33.4 Å². The molecule has 1 heterocycles. The first-order valence-electron chi connectivity index (χ1n) is 9.41. The van der Waals surface area contributed by atoms with Gasteiger partial charge in [0.1, 0.15) is 5.82 Å². The molecule has 5 nitrogen and oxygen atoms in total. The lowest BCUT2D eigenvalue weighted by Crippen LogP contribution is -2.37. The Balaban J connectivity index is 0.00000300. The minimum Gasteiger partial charge on any atom is -0.379 e. The molecule has 0 spiro atoms. The van der Waals surface area contributed by atoms with E-state index in [0.29, 0.717) is 24.6 Å². The van der Waals surface area contributed by atoms with Crippen LogP contribution in [0.2, 0.25) is 0 Å². The van der Waals surface area contributed by atoms with Gasteiger partial charge >= 0.3 is 0 Å². The van der Waals surface area contributed by atoms with Gasteiger partial charge in [-0.1, -0.05) is 40.2 Å². The normalized spacial score (nSPS) is 14.9. The molecule has 8 heteroatoms. The zero-order valence-electron chi connectivity index (χ0n) is 16.5. The van der Waals surface area contributed by atoms with Crippen LogP contribution in [0.3, 0.4) is 0 Å².